The molecule has 64 heavy (non-hydrogen) atoms. The Hall–Kier alpha value is -1.99. The SMILES string of the molecule is CCCCCCCCCCCCCCCCCCCCCCCCC/C=C/C(=N\c1cc(CCCC)cc(CCCC)c1)C(/CCCC)=N/c1cc(CCCC)cc(CCCC)c1.[Ni]. The number of hydrogen-bond acceptors (Lipinski definition) is 2. The Kier molecular flexibility index (Phi) is 40.9. The first-order valence-electron chi connectivity index (χ1n) is 28.1. The molecule has 0 unspecified atom stereocenters. The summed E-state index contributed by atoms with van der Waals surface area (Å²) in [6.45, 7) is 13.8. The minimum atomic E-state index is 0. The van der Waals surface area contributed by atoms with E-state index in [-0.39, 0.29) is 16.5 Å². The molecule has 2 aromatic rings. The molecule has 2 rings (SSSR count). The van der Waals surface area contributed by atoms with Crippen LogP contribution in [0.2, 0.25) is 0 Å². The maximum absolute atomic E-state index is 5.52. The molecule has 0 spiro atoms. The van der Waals surface area contributed by atoms with Crippen molar-refractivity contribution in [1.82, 2.24) is 0 Å². The maximum atomic E-state index is 5.52. The van der Waals surface area contributed by atoms with E-state index in [1.165, 1.54) is 221 Å². The van der Waals surface area contributed by atoms with Crippen molar-refractivity contribution in [2.24, 2.45) is 9.98 Å². The largest absolute Gasteiger partial charge is 0.251 e. The van der Waals surface area contributed by atoms with Crippen LogP contribution in [0.1, 0.15) is 289 Å². The second-order valence-electron chi connectivity index (χ2n) is 19.6. The van der Waals surface area contributed by atoms with Gasteiger partial charge in [-0.1, -0.05) is 233 Å². The monoisotopic (exact) mass is 923 g/mol. The van der Waals surface area contributed by atoms with Gasteiger partial charge in [0.2, 0.25) is 0 Å². The quantitative estimate of drug-likeness (QED) is 0.0360. The fraction of sp³-hybridized carbons (Fsp3) is 0.738. The number of allylic oxidation sites excluding steroid dienone is 2. The van der Waals surface area contributed by atoms with Crippen LogP contribution in [0, 0.1) is 0 Å². The molecule has 0 radical (unpaired) electrons. The Labute approximate surface area is 410 Å². The first-order valence-corrected chi connectivity index (χ1v) is 28.1. The van der Waals surface area contributed by atoms with Crippen molar-refractivity contribution in [3.8, 4) is 0 Å². The van der Waals surface area contributed by atoms with Gasteiger partial charge in [-0.2, -0.15) is 0 Å². The molecular weight excluding hydrogens is 819 g/mol. The zero-order chi connectivity index (χ0) is 45.3. The minimum absolute atomic E-state index is 0. The second-order valence-corrected chi connectivity index (χ2v) is 19.6. The van der Waals surface area contributed by atoms with Gasteiger partial charge in [0.25, 0.3) is 0 Å². The molecule has 0 aliphatic rings. The van der Waals surface area contributed by atoms with Gasteiger partial charge < -0.3 is 0 Å². The van der Waals surface area contributed by atoms with Crippen LogP contribution in [0.3, 0.4) is 0 Å². The maximum Gasteiger partial charge on any atom is 0.0848 e. The first kappa shape index (κ1) is 60.0. The van der Waals surface area contributed by atoms with Crippen molar-refractivity contribution < 1.29 is 16.5 Å². The molecule has 0 aromatic heterocycles. The Morgan fingerprint density at radius 1 is 0.344 bits per heavy atom. The van der Waals surface area contributed by atoms with E-state index in [1.807, 2.05) is 0 Å². The molecule has 0 aliphatic carbocycles. The van der Waals surface area contributed by atoms with Crippen molar-refractivity contribution in [1.29, 1.82) is 0 Å². The molecule has 0 N–H and O–H groups in total. The summed E-state index contributed by atoms with van der Waals surface area (Å²) in [5.74, 6) is 0. The zero-order valence-electron chi connectivity index (χ0n) is 43.4. The van der Waals surface area contributed by atoms with E-state index in [1.54, 1.807) is 0 Å². The van der Waals surface area contributed by atoms with Crippen LogP contribution < -0.4 is 0 Å². The summed E-state index contributed by atoms with van der Waals surface area (Å²) in [6.07, 6.45) is 56.4. The van der Waals surface area contributed by atoms with Crippen LogP contribution in [0.15, 0.2) is 58.5 Å². The molecule has 0 aliphatic heterocycles. The minimum Gasteiger partial charge on any atom is -0.251 e. The second kappa shape index (κ2) is 43.6. The zero-order valence-corrected chi connectivity index (χ0v) is 44.4. The summed E-state index contributed by atoms with van der Waals surface area (Å²) in [6, 6.07) is 14.4. The number of rotatable bonds is 43. The van der Waals surface area contributed by atoms with E-state index in [0.717, 1.165) is 74.2 Å². The third-order valence-corrected chi connectivity index (χ3v) is 13.2. The van der Waals surface area contributed by atoms with E-state index in [2.05, 4.69) is 90.1 Å². The van der Waals surface area contributed by atoms with Crippen LogP contribution >= 0.6 is 0 Å². The summed E-state index contributed by atoms with van der Waals surface area (Å²) in [7, 11) is 0. The van der Waals surface area contributed by atoms with Crippen molar-refractivity contribution >= 4 is 22.8 Å². The van der Waals surface area contributed by atoms with Gasteiger partial charge >= 0.3 is 0 Å². The topological polar surface area (TPSA) is 24.7 Å². The number of aliphatic imine (C=N–C) groups is 2. The van der Waals surface area contributed by atoms with Crippen LogP contribution in [-0.2, 0) is 42.2 Å². The van der Waals surface area contributed by atoms with Gasteiger partial charge in [0, 0.05) is 16.5 Å². The van der Waals surface area contributed by atoms with Gasteiger partial charge in [0.1, 0.15) is 0 Å². The predicted octanol–water partition coefficient (Wildman–Crippen LogP) is 21.0. The molecule has 2 nitrogen and oxygen atoms in total. The van der Waals surface area contributed by atoms with Gasteiger partial charge in [0.05, 0.1) is 22.8 Å². The third kappa shape index (κ3) is 31.8. The molecule has 2 aromatic carbocycles. The Bertz CT molecular complexity index is 1400. The van der Waals surface area contributed by atoms with Crippen molar-refractivity contribution in [3.05, 3.63) is 70.8 Å². The third-order valence-electron chi connectivity index (χ3n) is 13.2. The number of aryl methyl sites for hydroxylation is 4. The Morgan fingerprint density at radius 3 is 0.969 bits per heavy atom. The molecule has 0 saturated heterocycles. The molecule has 368 valence electrons. The number of unbranched alkanes of at least 4 members (excludes halogenated alkanes) is 28. The van der Waals surface area contributed by atoms with E-state index < -0.39 is 0 Å². The van der Waals surface area contributed by atoms with E-state index in [9.17, 15) is 0 Å². The first-order chi connectivity index (χ1) is 31.1. The summed E-state index contributed by atoms with van der Waals surface area (Å²) >= 11 is 0. The van der Waals surface area contributed by atoms with Gasteiger partial charge in [-0.25, -0.2) is 4.99 Å². The summed E-state index contributed by atoms with van der Waals surface area (Å²) in [5, 5.41) is 0. The van der Waals surface area contributed by atoms with Gasteiger partial charge in [-0.05, 0) is 130 Å². The molecule has 0 saturated carbocycles. The smallest absolute Gasteiger partial charge is 0.0848 e. The standard InChI is InChI=1S/C61H104N2.Ni/c1-7-13-19-20-21-22-23-24-25-26-27-28-29-30-31-32-33-34-35-36-37-38-39-40-41-47-61(63-59-52-56(44-16-10-4)49-57(53-59)45-17-11-5)60(46-18-12-6)62-58-50-54(42-14-8-2)48-55(51-58)43-15-9-3;/h41,47-53H,7-40,42-46H2,1-6H3;/b47-41+,62-60+,63-61+;. The fourth-order valence-corrected chi connectivity index (χ4v) is 9.04. The normalized spacial score (nSPS) is 12.2. The van der Waals surface area contributed by atoms with Crippen molar-refractivity contribution in [2.45, 2.75) is 292 Å². The fourth-order valence-electron chi connectivity index (χ4n) is 9.04. The molecule has 0 heterocycles. The average Bonchev–Trinajstić information content (AvgIpc) is 3.29. The molecule has 0 atom stereocenters. The van der Waals surface area contributed by atoms with Crippen LogP contribution in [0.25, 0.3) is 0 Å². The summed E-state index contributed by atoms with van der Waals surface area (Å²) in [4.78, 5) is 11.0. The molecule has 0 fully saturated rings. The van der Waals surface area contributed by atoms with Crippen molar-refractivity contribution in [3.63, 3.8) is 0 Å². The van der Waals surface area contributed by atoms with Gasteiger partial charge in [-0.3, -0.25) is 4.99 Å². The molecule has 0 amide bonds. The van der Waals surface area contributed by atoms with Crippen LogP contribution in [0.4, 0.5) is 11.4 Å². The molecular formula is C61H104N2Ni. The van der Waals surface area contributed by atoms with Gasteiger partial charge in [0.15, 0.2) is 0 Å². The van der Waals surface area contributed by atoms with E-state index in [4.69, 9.17) is 9.98 Å². The van der Waals surface area contributed by atoms with Crippen molar-refractivity contribution in [2.75, 3.05) is 0 Å². The Morgan fingerprint density at radius 2 is 0.641 bits per heavy atom. The number of nitrogens with zero attached hydrogens (tertiary/aromatic N) is 2. The van der Waals surface area contributed by atoms with E-state index >= 15 is 0 Å². The molecule has 3 heteroatoms. The number of hydrogen-bond donors (Lipinski definition) is 0. The van der Waals surface area contributed by atoms with Crippen LogP contribution in [-0.4, -0.2) is 11.4 Å². The number of benzene rings is 2. The molecule has 0 bridgehead atoms. The Balaban J connectivity index is 0.0000205. The average molecular weight is 924 g/mol. The summed E-state index contributed by atoms with van der Waals surface area (Å²) < 4.78 is 0. The predicted molar refractivity (Wildman–Crippen MR) is 287 cm³/mol. The van der Waals surface area contributed by atoms with E-state index in [0.29, 0.717) is 0 Å². The summed E-state index contributed by atoms with van der Waals surface area (Å²) in [5.41, 5.74) is 10.2. The van der Waals surface area contributed by atoms with Crippen LogP contribution in [0.5, 0.6) is 0 Å². The van der Waals surface area contributed by atoms with Gasteiger partial charge in [-0.15, -0.1) is 0 Å².